The number of rotatable bonds is 5. The van der Waals surface area contributed by atoms with Crippen LogP contribution in [0.2, 0.25) is 0 Å². The van der Waals surface area contributed by atoms with Gasteiger partial charge in [0.15, 0.2) is 0 Å². The molecule has 1 saturated heterocycles. The second kappa shape index (κ2) is 8.67. The maximum absolute atomic E-state index is 11.8. The third-order valence-electron chi connectivity index (χ3n) is 4.43. The molecule has 0 spiro atoms. The highest BCUT2D eigenvalue weighted by Crippen LogP contribution is 2.17. The SMILES string of the molecule is CC(C)N1CCC(CNC(=O)C(=O)NCc2ccccc2)CC1. The Morgan fingerprint density at radius 2 is 1.70 bits per heavy atom. The average Bonchev–Trinajstić information content (AvgIpc) is 2.58. The van der Waals surface area contributed by atoms with Crippen LogP contribution in [-0.2, 0) is 16.1 Å². The van der Waals surface area contributed by atoms with E-state index >= 15 is 0 Å². The lowest BCUT2D eigenvalue weighted by molar-refractivity contribution is -0.139. The van der Waals surface area contributed by atoms with E-state index in [0.717, 1.165) is 31.5 Å². The predicted octanol–water partition coefficient (Wildman–Crippen LogP) is 1.54. The number of amides is 2. The van der Waals surface area contributed by atoms with Gasteiger partial charge >= 0.3 is 11.8 Å². The van der Waals surface area contributed by atoms with Gasteiger partial charge in [-0.15, -0.1) is 0 Å². The van der Waals surface area contributed by atoms with E-state index in [1.807, 2.05) is 30.3 Å². The molecule has 1 heterocycles. The number of carbonyl (C=O) groups excluding carboxylic acids is 2. The molecule has 5 nitrogen and oxygen atoms in total. The molecule has 0 radical (unpaired) electrons. The fraction of sp³-hybridized carbons (Fsp3) is 0.556. The van der Waals surface area contributed by atoms with Gasteiger partial charge in [0.2, 0.25) is 0 Å². The molecule has 0 bridgehead atoms. The van der Waals surface area contributed by atoms with Crippen molar-refractivity contribution in [2.75, 3.05) is 19.6 Å². The van der Waals surface area contributed by atoms with Gasteiger partial charge in [0, 0.05) is 19.1 Å². The first-order valence-corrected chi connectivity index (χ1v) is 8.40. The normalized spacial score (nSPS) is 16.3. The zero-order valence-corrected chi connectivity index (χ0v) is 14.0. The van der Waals surface area contributed by atoms with Crippen LogP contribution < -0.4 is 10.6 Å². The molecular weight excluding hydrogens is 290 g/mol. The lowest BCUT2D eigenvalue weighted by Crippen LogP contribution is -2.44. The molecule has 0 unspecified atom stereocenters. The van der Waals surface area contributed by atoms with Crippen molar-refractivity contribution in [1.29, 1.82) is 0 Å². The van der Waals surface area contributed by atoms with Gasteiger partial charge in [0.25, 0.3) is 0 Å². The van der Waals surface area contributed by atoms with Crippen molar-refractivity contribution in [3.05, 3.63) is 35.9 Å². The Labute approximate surface area is 138 Å². The Hall–Kier alpha value is -1.88. The smallest absolute Gasteiger partial charge is 0.309 e. The van der Waals surface area contributed by atoms with E-state index in [0.29, 0.717) is 25.0 Å². The lowest BCUT2D eigenvalue weighted by Gasteiger charge is -2.34. The second-order valence-electron chi connectivity index (χ2n) is 6.45. The Kier molecular flexibility index (Phi) is 6.59. The van der Waals surface area contributed by atoms with Crippen molar-refractivity contribution in [3.63, 3.8) is 0 Å². The number of carbonyl (C=O) groups is 2. The highest BCUT2D eigenvalue weighted by molar-refractivity contribution is 6.35. The number of hydrogen-bond acceptors (Lipinski definition) is 3. The minimum atomic E-state index is -0.562. The van der Waals surface area contributed by atoms with Crippen LogP contribution in [0, 0.1) is 5.92 Å². The fourth-order valence-corrected chi connectivity index (χ4v) is 2.85. The third kappa shape index (κ3) is 5.67. The van der Waals surface area contributed by atoms with Crippen molar-refractivity contribution in [2.45, 2.75) is 39.3 Å². The first-order chi connectivity index (χ1) is 11.1. The maximum atomic E-state index is 11.8. The zero-order valence-electron chi connectivity index (χ0n) is 14.0. The Bertz CT molecular complexity index is 508. The van der Waals surface area contributed by atoms with Gasteiger partial charge < -0.3 is 15.5 Å². The van der Waals surface area contributed by atoms with Crippen molar-refractivity contribution in [3.8, 4) is 0 Å². The van der Waals surface area contributed by atoms with E-state index in [9.17, 15) is 9.59 Å². The molecule has 2 amide bonds. The van der Waals surface area contributed by atoms with Crippen molar-refractivity contribution in [2.24, 2.45) is 5.92 Å². The van der Waals surface area contributed by atoms with Gasteiger partial charge in [-0.25, -0.2) is 0 Å². The van der Waals surface area contributed by atoms with E-state index in [1.165, 1.54) is 0 Å². The van der Waals surface area contributed by atoms with Crippen LogP contribution >= 0.6 is 0 Å². The summed E-state index contributed by atoms with van der Waals surface area (Å²) in [5.74, 6) is -0.628. The number of piperidine rings is 1. The van der Waals surface area contributed by atoms with Gasteiger partial charge in [-0.1, -0.05) is 30.3 Å². The minimum absolute atomic E-state index is 0.375. The molecule has 1 aromatic carbocycles. The molecule has 0 atom stereocenters. The second-order valence-corrected chi connectivity index (χ2v) is 6.45. The van der Waals surface area contributed by atoms with Gasteiger partial charge in [0.1, 0.15) is 0 Å². The molecule has 2 rings (SSSR count). The summed E-state index contributed by atoms with van der Waals surface area (Å²) >= 11 is 0. The van der Waals surface area contributed by atoms with E-state index in [4.69, 9.17) is 0 Å². The summed E-state index contributed by atoms with van der Waals surface area (Å²) in [6.45, 7) is 7.51. The highest BCUT2D eigenvalue weighted by Gasteiger charge is 2.22. The predicted molar refractivity (Wildman–Crippen MR) is 90.7 cm³/mol. The van der Waals surface area contributed by atoms with Gasteiger partial charge in [-0.05, 0) is 51.3 Å². The summed E-state index contributed by atoms with van der Waals surface area (Å²) in [6, 6.07) is 10.1. The topological polar surface area (TPSA) is 61.4 Å². The van der Waals surface area contributed by atoms with Crippen LogP contribution in [0.5, 0.6) is 0 Å². The molecule has 0 saturated carbocycles. The molecule has 2 N–H and O–H groups in total. The first kappa shape index (κ1) is 17.5. The molecule has 23 heavy (non-hydrogen) atoms. The molecule has 126 valence electrons. The largest absolute Gasteiger partial charge is 0.348 e. The van der Waals surface area contributed by atoms with Crippen LogP contribution in [0.25, 0.3) is 0 Å². The van der Waals surface area contributed by atoms with E-state index in [1.54, 1.807) is 0 Å². The number of nitrogens with one attached hydrogen (secondary N) is 2. The van der Waals surface area contributed by atoms with E-state index < -0.39 is 11.8 Å². The number of nitrogens with zero attached hydrogens (tertiary/aromatic N) is 1. The Balaban J connectivity index is 1.65. The summed E-state index contributed by atoms with van der Waals surface area (Å²) in [4.78, 5) is 26.1. The van der Waals surface area contributed by atoms with Gasteiger partial charge in [0.05, 0.1) is 0 Å². The Morgan fingerprint density at radius 3 is 2.30 bits per heavy atom. The van der Waals surface area contributed by atoms with Crippen LogP contribution in [0.1, 0.15) is 32.3 Å². The number of benzene rings is 1. The van der Waals surface area contributed by atoms with Crippen molar-refractivity contribution in [1.82, 2.24) is 15.5 Å². The highest BCUT2D eigenvalue weighted by atomic mass is 16.2. The van der Waals surface area contributed by atoms with Crippen LogP contribution in [0.4, 0.5) is 0 Å². The molecule has 1 aliphatic rings. The molecule has 1 fully saturated rings. The molecule has 1 aromatic rings. The molecule has 5 heteroatoms. The first-order valence-electron chi connectivity index (χ1n) is 8.40. The summed E-state index contributed by atoms with van der Waals surface area (Å²) < 4.78 is 0. The summed E-state index contributed by atoms with van der Waals surface area (Å²) in [6.07, 6.45) is 2.15. The maximum Gasteiger partial charge on any atom is 0.309 e. The number of hydrogen-bond donors (Lipinski definition) is 2. The van der Waals surface area contributed by atoms with Crippen LogP contribution in [0.15, 0.2) is 30.3 Å². The summed E-state index contributed by atoms with van der Waals surface area (Å²) in [5, 5.41) is 5.41. The zero-order chi connectivity index (χ0) is 16.7. The van der Waals surface area contributed by atoms with E-state index in [2.05, 4.69) is 29.4 Å². The summed E-state index contributed by atoms with van der Waals surface area (Å²) in [7, 11) is 0. The van der Waals surface area contributed by atoms with Crippen molar-refractivity contribution >= 4 is 11.8 Å². The van der Waals surface area contributed by atoms with Gasteiger partial charge in [-0.3, -0.25) is 9.59 Å². The third-order valence-corrected chi connectivity index (χ3v) is 4.43. The molecule has 1 aliphatic heterocycles. The molecule has 0 aromatic heterocycles. The Morgan fingerprint density at radius 1 is 1.09 bits per heavy atom. The quantitative estimate of drug-likeness (QED) is 0.810. The van der Waals surface area contributed by atoms with Crippen molar-refractivity contribution < 1.29 is 9.59 Å². The fourth-order valence-electron chi connectivity index (χ4n) is 2.85. The van der Waals surface area contributed by atoms with E-state index in [-0.39, 0.29) is 0 Å². The molecular formula is C18H27N3O2. The van der Waals surface area contributed by atoms with Crippen LogP contribution in [0.3, 0.4) is 0 Å². The van der Waals surface area contributed by atoms with Gasteiger partial charge in [-0.2, -0.15) is 0 Å². The molecule has 0 aliphatic carbocycles. The minimum Gasteiger partial charge on any atom is -0.348 e. The number of likely N-dealkylation sites (tertiary alicyclic amines) is 1. The monoisotopic (exact) mass is 317 g/mol. The summed E-state index contributed by atoms with van der Waals surface area (Å²) in [5.41, 5.74) is 0.981. The average molecular weight is 317 g/mol. The lowest BCUT2D eigenvalue weighted by atomic mass is 9.96. The standard InChI is InChI=1S/C18H27N3O2/c1-14(2)21-10-8-16(9-11-21)13-20-18(23)17(22)19-12-15-6-4-3-5-7-15/h3-7,14,16H,8-13H2,1-2H3,(H,19,22)(H,20,23). The van der Waals surface area contributed by atoms with Crippen LogP contribution in [-0.4, -0.2) is 42.4 Å².